The Morgan fingerprint density at radius 3 is 2.56 bits per heavy atom. The molecule has 3 nitrogen and oxygen atoms in total. The van der Waals surface area contributed by atoms with Gasteiger partial charge in [-0.05, 0) is 33.6 Å². The lowest BCUT2D eigenvalue weighted by Gasteiger charge is -2.22. The Hall–Kier alpha value is -1.26. The number of nitrogens with zero attached hydrogens (tertiary/aromatic N) is 2. The van der Waals surface area contributed by atoms with Gasteiger partial charge in [0.1, 0.15) is 0 Å². The Balaban J connectivity index is 2.22. The van der Waals surface area contributed by atoms with E-state index in [-0.39, 0.29) is 0 Å². The number of rotatable bonds is 3. The van der Waals surface area contributed by atoms with Gasteiger partial charge in [0.05, 0.1) is 22.0 Å². The number of halogens is 2. The molecule has 2 N–H and O–H groups in total. The minimum atomic E-state index is 0.654. The molecule has 0 aliphatic heterocycles. The molecule has 1 aromatic carbocycles. The zero-order valence-corrected chi connectivity index (χ0v) is 12.2. The first-order valence-electron chi connectivity index (χ1n) is 5.42. The number of hydrogen-bond donors (Lipinski definition) is 1. The highest BCUT2D eigenvalue weighted by atomic mass is 79.9. The molecule has 2 aromatic rings. The summed E-state index contributed by atoms with van der Waals surface area (Å²) in [5.41, 5.74) is 8.71. The van der Waals surface area contributed by atoms with Crippen molar-refractivity contribution in [3.63, 3.8) is 0 Å². The highest BCUT2D eigenvalue weighted by Gasteiger charge is 2.10. The summed E-state index contributed by atoms with van der Waals surface area (Å²) < 4.78 is 0.888. The molecule has 1 aromatic heterocycles. The summed E-state index contributed by atoms with van der Waals surface area (Å²) in [6.45, 7) is 0.754. The van der Waals surface area contributed by atoms with Gasteiger partial charge in [-0.3, -0.25) is 4.98 Å². The fraction of sp³-hybridized carbons (Fsp3) is 0.154. The molecule has 0 atom stereocenters. The summed E-state index contributed by atoms with van der Waals surface area (Å²) in [5.74, 6) is 0. The number of benzene rings is 1. The van der Waals surface area contributed by atoms with Crippen LogP contribution in [0.2, 0.25) is 5.02 Å². The second kappa shape index (κ2) is 5.59. The Kier molecular flexibility index (Phi) is 4.09. The molecule has 2 rings (SSSR count). The molecule has 0 saturated heterocycles. The van der Waals surface area contributed by atoms with Gasteiger partial charge >= 0.3 is 0 Å². The molecule has 0 radical (unpaired) electrons. The second-order valence-corrected chi connectivity index (χ2v) is 5.33. The Morgan fingerprint density at radius 1 is 1.28 bits per heavy atom. The molecule has 0 aliphatic carbocycles. The summed E-state index contributed by atoms with van der Waals surface area (Å²) in [6, 6.07) is 7.78. The SMILES string of the molecule is CN(Cc1ccc(Cl)cc1)c1c(N)cncc1Br. The molecule has 94 valence electrons. The van der Waals surface area contributed by atoms with Crippen molar-refractivity contribution < 1.29 is 0 Å². The number of nitrogen functional groups attached to an aromatic ring is 1. The van der Waals surface area contributed by atoms with Crippen molar-refractivity contribution in [1.82, 2.24) is 4.98 Å². The molecule has 0 amide bonds. The molecule has 1 heterocycles. The third-order valence-electron chi connectivity index (χ3n) is 2.62. The van der Waals surface area contributed by atoms with E-state index in [2.05, 4.69) is 25.8 Å². The van der Waals surface area contributed by atoms with E-state index >= 15 is 0 Å². The molecule has 0 bridgehead atoms. The standard InChI is InChI=1S/C13H13BrClN3/c1-18(8-9-2-4-10(15)5-3-9)13-11(14)6-17-7-12(13)16/h2-7H,8,16H2,1H3. The third kappa shape index (κ3) is 2.94. The van der Waals surface area contributed by atoms with Gasteiger partial charge < -0.3 is 10.6 Å². The van der Waals surface area contributed by atoms with Gasteiger partial charge in [-0.2, -0.15) is 0 Å². The van der Waals surface area contributed by atoms with E-state index in [0.717, 1.165) is 21.7 Å². The number of hydrogen-bond acceptors (Lipinski definition) is 3. The summed E-state index contributed by atoms with van der Waals surface area (Å²) in [4.78, 5) is 6.10. The first-order valence-corrected chi connectivity index (χ1v) is 6.59. The van der Waals surface area contributed by atoms with E-state index in [1.54, 1.807) is 12.4 Å². The molecule has 0 fully saturated rings. The summed E-state index contributed by atoms with van der Waals surface area (Å²) in [7, 11) is 1.99. The van der Waals surface area contributed by atoms with Gasteiger partial charge in [0.15, 0.2) is 0 Å². The zero-order chi connectivity index (χ0) is 13.1. The van der Waals surface area contributed by atoms with E-state index in [4.69, 9.17) is 17.3 Å². The Morgan fingerprint density at radius 2 is 1.94 bits per heavy atom. The van der Waals surface area contributed by atoms with Crippen LogP contribution in [0.4, 0.5) is 11.4 Å². The number of aromatic nitrogens is 1. The van der Waals surface area contributed by atoms with Crippen LogP contribution in [0.1, 0.15) is 5.56 Å². The fourth-order valence-corrected chi connectivity index (χ4v) is 2.56. The average Bonchev–Trinajstić information content (AvgIpc) is 2.32. The summed E-state index contributed by atoms with van der Waals surface area (Å²) in [6.07, 6.45) is 3.39. The first kappa shape index (κ1) is 13.2. The predicted octanol–water partition coefficient (Wildman–Crippen LogP) is 3.72. The van der Waals surface area contributed by atoms with Crippen LogP contribution in [0.15, 0.2) is 41.1 Å². The van der Waals surface area contributed by atoms with Crippen LogP contribution < -0.4 is 10.6 Å². The first-order chi connectivity index (χ1) is 8.58. The van der Waals surface area contributed by atoms with Gasteiger partial charge in [0.25, 0.3) is 0 Å². The lowest BCUT2D eigenvalue weighted by molar-refractivity contribution is 0.919. The summed E-state index contributed by atoms with van der Waals surface area (Å²) in [5, 5.41) is 0.742. The number of anilines is 2. The second-order valence-electron chi connectivity index (χ2n) is 4.04. The van der Waals surface area contributed by atoms with Crippen LogP contribution >= 0.6 is 27.5 Å². The maximum atomic E-state index is 5.94. The maximum Gasteiger partial charge on any atom is 0.0776 e. The van der Waals surface area contributed by atoms with Crippen LogP contribution in [0.5, 0.6) is 0 Å². The van der Waals surface area contributed by atoms with E-state index in [1.165, 1.54) is 5.56 Å². The van der Waals surface area contributed by atoms with Crippen molar-refractivity contribution in [3.8, 4) is 0 Å². The van der Waals surface area contributed by atoms with Gasteiger partial charge in [0.2, 0.25) is 0 Å². The maximum absolute atomic E-state index is 5.94. The summed E-state index contributed by atoms with van der Waals surface area (Å²) >= 11 is 9.33. The number of nitrogens with two attached hydrogens (primary N) is 1. The van der Waals surface area contributed by atoms with Gasteiger partial charge in [-0.25, -0.2) is 0 Å². The van der Waals surface area contributed by atoms with Crippen molar-refractivity contribution in [1.29, 1.82) is 0 Å². The predicted molar refractivity (Wildman–Crippen MR) is 79.9 cm³/mol. The number of pyridine rings is 1. The highest BCUT2D eigenvalue weighted by molar-refractivity contribution is 9.10. The van der Waals surface area contributed by atoms with Crippen molar-refractivity contribution in [2.45, 2.75) is 6.54 Å². The fourth-order valence-electron chi connectivity index (χ4n) is 1.79. The van der Waals surface area contributed by atoms with Crippen LogP contribution in [0, 0.1) is 0 Å². The van der Waals surface area contributed by atoms with Crippen molar-refractivity contribution in [2.75, 3.05) is 17.7 Å². The van der Waals surface area contributed by atoms with Gasteiger partial charge in [-0.1, -0.05) is 23.7 Å². The minimum absolute atomic E-state index is 0.654. The molecule has 18 heavy (non-hydrogen) atoms. The lowest BCUT2D eigenvalue weighted by Crippen LogP contribution is -2.18. The smallest absolute Gasteiger partial charge is 0.0776 e. The van der Waals surface area contributed by atoms with E-state index in [9.17, 15) is 0 Å². The van der Waals surface area contributed by atoms with E-state index in [0.29, 0.717) is 5.69 Å². The third-order valence-corrected chi connectivity index (χ3v) is 3.45. The largest absolute Gasteiger partial charge is 0.396 e. The van der Waals surface area contributed by atoms with Crippen LogP contribution in [0.3, 0.4) is 0 Å². The van der Waals surface area contributed by atoms with Crippen LogP contribution in [0.25, 0.3) is 0 Å². The van der Waals surface area contributed by atoms with Gasteiger partial charge in [0, 0.05) is 24.8 Å². The Labute approximate surface area is 120 Å². The van der Waals surface area contributed by atoms with E-state index in [1.807, 2.05) is 31.3 Å². The van der Waals surface area contributed by atoms with E-state index < -0.39 is 0 Å². The monoisotopic (exact) mass is 325 g/mol. The van der Waals surface area contributed by atoms with Gasteiger partial charge in [-0.15, -0.1) is 0 Å². The van der Waals surface area contributed by atoms with Crippen LogP contribution in [-0.2, 0) is 6.54 Å². The molecule has 0 aliphatic rings. The average molecular weight is 327 g/mol. The van der Waals surface area contributed by atoms with Crippen LogP contribution in [-0.4, -0.2) is 12.0 Å². The lowest BCUT2D eigenvalue weighted by atomic mass is 10.2. The quantitative estimate of drug-likeness (QED) is 0.935. The molecular formula is C13H13BrClN3. The molecule has 0 saturated carbocycles. The van der Waals surface area contributed by atoms with Crippen molar-refractivity contribution >= 4 is 38.9 Å². The molecule has 5 heteroatoms. The molecular weight excluding hydrogens is 314 g/mol. The zero-order valence-electron chi connectivity index (χ0n) is 9.90. The Bertz CT molecular complexity index is 522. The van der Waals surface area contributed by atoms with Crippen molar-refractivity contribution in [2.24, 2.45) is 0 Å². The topological polar surface area (TPSA) is 42.1 Å². The highest BCUT2D eigenvalue weighted by Crippen LogP contribution is 2.31. The van der Waals surface area contributed by atoms with Crippen molar-refractivity contribution in [3.05, 3.63) is 51.7 Å². The molecule has 0 unspecified atom stereocenters. The molecule has 0 spiro atoms. The minimum Gasteiger partial charge on any atom is -0.396 e. The normalized spacial score (nSPS) is 10.4.